The quantitative estimate of drug-likeness (QED) is 0.513. The third-order valence-electron chi connectivity index (χ3n) is 4.50. The summed E-state index contributed by atoms with van der Waals surface area (Å²) >= 11 is 0. The maximum atomic E-state index is 3.96. The van der Waals surface area contributed by atoms with E-state index in [0.29, 0.717) is 0 Å². The Hall–Kier alpha value is -0.300. The summed E-state index contributed by atoms with van der Waals surface area (Å²) in [6.45, 7) is 13.7. The molecule has 0 bridgehead atoms. The van der Waals surface area contributed by atoms with E-state index >= 15 is 0 Å². The van der Waals surface area contributed by atoms with Crippen LogP contribution in [0.5, 0.6) is 0 Å². The summed E-state index contributed by atoms with van der Waals surface area (Å²) in [4.78, 5) is 2.73. The largest absolute Gasteiger partial charge is 0.300 e. The van der Waals surface area contributed by atoms with Gasteiger partial charge >= 0.3 is 0 Å². The predicted molar refractivity (Wildman–Crippen MR) is 86.5 cm³/mol. The number of hydrogen-bond donors (Lipinski definition) is 0. The molecule has 0 aliphatic carbocycles. The second-order valence-corrected chi connectivity index (χ2v) is 6.94. The van der Waals surface area contributed by atoms with Gasteiger partial charge in [0.1, 0.15) is 0 Å². The van der Waals surface area contributed by atoms with Crippen LogP contribution in [0.1, 0.15) is 72.1 Å². The lowest BCUT2D eigenvalue weighted by Gasteiger charge is -2.35. The third kappa shape index (κ3) is 7.15. The fraction of sp³-hybridized carbons (Fsp3) is 0.889. The number of rotatable bonds is 9. The Labute approximate surface area is 121 Å². The average molecular weight is 265 g/mol. The molecule has 1 heteroatoms. The van der Waals surface area contributed by atoms with Gasteiger partial charge in [-0.1, -0.05) is 52.5 Å². The fourth-order valence-electron chi connectivity index (χ4n) is 3.33. The highest BCUT2D eigenvalue weighted by atomic mass is 15.2. The highest BCUT2D eigenvalue weighted by molar-refractivity contribution is 4.83. The standard InChI is InChI=1S/C18H35N/c1-5-10-18(19-13-7-6-8-14-19)15-17(4)12-9-11-16(2)3/h5,16-18H,1,6-15H2,2-4H3. The topological polar surface area (TPSA) is 3.24 Å². The molecule has 0 amide bonds. The Kier molecular flexibility index (Phi) is 8.45. The van der Waals surface area contributed by atoms with Crippen molar-refractivity contribution in [3.05, 3.63) is 12.7 Å². The zero-order valence-electron chi connectivity index (χ0n) is 13.5. The lowest BCUT2D eigenvalue weighted by molar-refractivity contribution is 0.141. The normalized spacial score (nSPS) is 20.4. The summed E-state index contributed by atoms with van der Waals surface area (Å²) in [5, 5.41) is 0. The number of nitrogens with zero attached hydrogens (tertiary/aromatic N) is 1. The molecule has 19 heavy (non-hydrogen) atoms. The van der Waals surface area contributed by atoms with E-state index in [0.717, 1.165) is 17.9 Å². The van der Waals surface area contributed by atoms with Crippen molar-refractivity contribution in [2.24, 2.45) is 11.8 Å². The Morgan fingerprint density at radius 3 is 2.32 bits per heavy atom. The van der Waals surface area contributed by atoms with Crippen LogP contribution in [0.3, 0.4) is 0 Å². The zero-order chi connectivity index (χ0) is 14.1. The summed E-state index contributed by atoms with van der Waals surface area (Å²) in [7, 11) is 0. The predicted octanol–water partition coefficient (Wildman–Crippen LogP) is 5.27. The molecule has 1 aliphatic heterocycles. The minimum Gasteiger partial charge on any atom is -0.300 e. The second-order valence-electron chi connectivity index (χ2n) is 6.94. The molecule has 1 heterocycles. The molecule has 0 radical (unpaired) electrons. The van der Waals surface area contributed by atoms with Crippen LogP contribution in [0.4, 0.5) is 0 Å². The van der Waals surface area contributed by atoms with E-state index in [1.807, 2.05) is 0 Å². The first-order chi connectivity index (χ1) is 9.13. The SMILES string of the molecule is C=CCC(CC(C)CCCC(C)C)N1CCCCC1. The van der Waals surface area contributed by atoms with Crippen molar-refractivity contribution in [2.45, 2.75) is 78.2 Å². The molecule has 2 atom stereocenters. The van der Waals surface area contributed by atoms with Gasteiger partial charge in [0.2, 0.25) is 0 Å². The van der Waals surface area contributed by atoms with E-state index < -0.39 is 0 Å². The van der Waals surface area contributed by atoms with E-state index in [4.69, 9.17) is 0 Å². The molecule has 0 aromatic rings. The van der Waals surface area contributed by atoms with E-state index in [9.17, 15) is 0 Å². The van der Waals surface area contributed by atoms with Gasteiger partial charge in [-0.2, -0.15) is 0 Å². The maximum absolute atomic E-state index is 3.96. The fourth-order valence-corrected chi connectivity index (χ4v) is 3.33. The maximum Gasteiger partial charge on any atom is 0.0132 e. The van der Waals surface area contributed by atoms with Crippen LogP contribution in [0, 0.1) is 11.8 Å². The first-order valence-corrected chi connectivity index (χ1v) is 8.48. The van der Waals surface area contributed by atoms with Gasteiger partial charge in [0.25, 0.3) is 0 Å². The zero-order valence-corrected chi connectivity index (χ0v) is 13.5. The minimum absolute atomic E-state index is 0.756. The molecular formula is C18H35N. The van der Waals surface area contributed by atoms with Crippen molar-refractivity contribution in [2.75, 3.05) is 13.1 Å². The lowest BCUT2D eigenvalue weighted by atomic mass is 9.91. The summed E-state index contributed by atoms with van der Waals surface area (Å²) in [6.07, 6.45) is 13.1. The minimum atomic E-state index is 0.756. The van der Waals surface area contributed by atoms with Crippen molar-refractivity contribution in [1.29, 1.82) is 0 Å². The van der Waals surface area contributed by atoms with Crippen LogP contribution in [0.25, 0.3) is 0 Å². The molecule has 0 aromatic carbocycles. The molecule has 1 fully saturated rings. The van der Waals surface area contributed by atoms with Crippen molar-refractivity contribution >= 4 is 0 Å². The van der Waals surface area contributed by atoms with Crippen LogP contribution < -0.4 is 0 Å². The van der Waals surface area contributed by atoms with Crippen LogP contribution in [-0.4, -0.2) is 24.0 Å². The Morgan fingerprint density at radius 2 is 1.74 bits per heavy atom. The van der Waals surface area contributed by atoms with E-state index in [1.54, 1.807) is 0 Å². The van der Waals surface area contributed by atoms with E-state index in [1.165, 1.54) is 64.5 Å². The van der Waals surface area contributed by atoms with Crippen LogP contribution >= 0.6 is 0 Å². The molecule has 2 unspecified atom stereocenters. The highest BCUT2D eigenvalue weighted by Crippen LogP contribution is 2.23. The molecule has 1 aliphatic rings. The van der Waals surface area contributed by atoms with Gasteiger partial charge in [0, 0.05) is 6.04 Å². The van der Waals surface area contributed by atoms with Gasteiger partial charge in [0.15, 0.2) is 0 Å². The molecule has 0 saturated carbocycles. The molecule has 0 spiro atoms. The van der Waals surface area contributed by atoms with Gasteiger partial charge in [-0.25, -0.2) is 0 Å². The van der Waals surface area contributed by atoms with Gasteiger partial charge in [0.05, 0.1) is 0 Å². The number of hydrogen-bond acceptors (Lipinski definition) is 1. The van der Waals surface area contributed by atoms with Crippen LogP contribution in [-0.2, 0) is 0 Å². The van der Waals surface area contributed by atoms with Gasteiger partial charge in [-0.3, -0.25) is 0 Å². The third-order valence-corrected chi connectivity index (χ3v) is 4.50. The van der Waals surface area contributed by atoms with Gasteiger partial charge in [-0.15, -0.1) is 6.58 Å². The molecule has 1 nitrogen and oxygen atoms in total. The Bertz CT molecular complexity index is 228. The van der Waals surface area contributed by atoms with Crippen LogP contribution in [0.2, 0.25) is 0 Å². The molecule has 1 rings (SSSR count). The average Bonchev–Trinajstić information content (AvgIpc) is 2.39. The first-order valence-electron chi connectivity index (χ1n) is 8.48. The molecule has 112 valence electrons. The van der Waals surface area contributed by atoms with E-state index in [-0.39, 0.29) is 0 Å². The van der Waals surface area contributed by atoms with Crippen molar-refractivity contribution in [3.8, 4) is 0 Å². The molecule has 0 aromatic heterocycles. The number of likely N-dealkylation sites (tertiary alicyclic amines) is 1. The molecular weight excluding hydrogens is 230 g/mol. The first kappa shape index (κ1) is 16.8. The van der Waals surface area contributed by atoms with Crippen molar-refractivity contribution in [3.63, 3.8) is 0 Å². The monoisotopic (exact) mass is 265 g/mol. The van der Waals surface area contributed by atoms with Gasteiger partial charge in [-0.05, 0) is 50.6 Å². The summed E-state index contributed by atoms with van der Waals surface area (Å²) in [6, 6.07) is 0.756. The summed E-state index contributed by atoms with van der Waals surface area (Å²) in [5.41, 5.74) is 0. The molecule has 1 saturated heterocycles. The highest BCUT2D eigenvalue weighted by Gasteiger charge is 2.21. The van der Waals surface area contributed by atoms with Crippen LogP contribution in [0.15, 0.2) is 12.7 Å². The Morgan fingerprint density at radius 1 is 1.05 bits per heavy atom. The number of piperidine rings is 1. The van der Waals surface area contributed by atoms with Crippen molar-refractivity contribution < 1.29 is 0 Å². The second kappa shape index (κ2) is 9.58. The van der Waals surface area contributed by atoms with Crippen molar-refractivity contribution in [1.82, 2.24) is 4.90 Å². The van der Waals surface area contributed by atoms with Gasteiger partial charge < -0.3 is 4.90 Å². The Balaban J connectivity index is 2.32. The lowest BCUT2D eigenvalue weighted by Crippen LogP contribution is -2.39. The van der Waals surface area contributed by atoms with E-state index in [2.05, 4.69) is 38.3 Å². The molecule has 0 N–H and O–H groups in total. The summed E-state index contributed by atoms with van der Waals surface area (Å²) in [5.74, 6) is 1.73. The smallest absolute Gasteiger partial charge is 0.0132 e. The summed E-state index contributed by atoms with van der Waals surface area (Å²) < 4.78 is 0.